The van der Waals surface area contributed by atoms with E-state index >= 15 is 0 Å². The van der Waals surface area contributed by atoms with Gasteiger partial charge in [-0.15, -0.1) is 13.2 Å². The third-order valence-electron chi connectivity index (χ3n) is 1.83. The molecule has 1 N–H and O–H groups in total. The Morgan fingerprint density at radius 2 is 2.06 bits per heavy atom. The lowest BCUT2D eigenvalue weighted by Gasteiger charge is -2.12. The molecule has 1 heterocycles. The van der Waals surface area contributed by atoms with Gasteiger partial charge < -0.3 is 4.74 Å². The van der Waals surface area contributed by atoms with Crippen molar-refractivity contribution < 1.29 is 26.7 Å². The van der Waals surface area contributed by atoms with E-state index in [0.717, 1.165) is 0 Å². The topological polar surface area (TPSA) is 65.9 Å². The summed E-state index contributed by atoms with van der Waals surface area (Å²) in [7, 11) is 0. The minimum atomic E-state index is -5.21. The number of alkyl halides is 5. The molecule has 0 saturated carbocycles. The minimum Gasteiger partial charge on any atom is -0.389 e. The number of nitrogens with one attached hydrogen (secondary N) is 1. The highest BCUT2D eigenvalue weighted by atomic mass is 19.4. The number of H-pyrrole nitrogens is 1. The standard InChI is InChI=1S/C9H5F5N2O2/c10-6(11)5-3-4(1-2-15)7(17)16-8(5)18-9(12,13)14/h3,6H,1H2,(H,16,17). The molecule has 0 bridgehead atoms. The van der Waals surface area contributed by atoms with E-state index in [1.165, 1.54) is 11.1 Å². The third-order valence-corrected chi connectivity index (χ3v) is 1.83. The molecule has 0 aromatic carbocycles. The van der Waals surface area contributed by atoms with Gasteiger partial charge in [0.1, 0.15) is 0 Å². The zero-order chi connectivity index (χ0) is 13.9. The molecular weight excluding hydrogens is 263 g/mol. The summed E-state index contributed by atoms with van der Waals surface area (Å²) in [5.74, 6) is -1.37. The fraction of sp³-hybridized carbons (Fsp3) is 0.333. The second-order valence-electron chi connectivity index (χ2n) is 3.09. The van der Waals surface area contributed by atoms with E-state index in [-0.39, 0.29) is 5.56 Å². The van der Waals surface area contributed by atoms with Crippen LogP contribution in [0.4, 0.5) is 22.0 Å². The van der Waals surface area contributed by atoms with Crippen molar-refractivity contribution in [2.45, 2.75) is 19.2 Å². The Bertz CT molecular complexity index is 529. The lowest BCUT2D eigenvalue weighted by molar-refractivity contribution is -0.276. The molecule has 18 heavy (non-hydrogen) atoms. The number of nitrogens with zero attached hydrogens (tertiary/aromatic N) is 1. The van der Waals surface area contributed by atoms with Crippen molar-refractivity contribution in [2.24, 2.45) is 0 Å². The molecule has 0 unspecified atom stereocenters. The highest BCUT2D eigenvalue weighted by Gasteiger charge is 2.34. The second kappa shape index (κ2) is 5.03. The van der Waals surface area contributed by atoms with Crippen molar-refractivity contribution in [2.75, 3.05) is 0 Å². The van der Waals surface area contributed by atoms with E-state index in [9.17, 15) is 26.7 Å². The first-order valence-electron chi connectivity index (χ1n) is 4.41. The maximum atomic E-state index is 12.5. The molecule has 0 spiro atoms. The Morgan fingerprint density at radius 3 is 2.50 bits per heavy atom. The molecule has 0 aliphatic carbocycles. The summed E-state index contributed by atoms with van der Waals surface area (Å²) in [6, 6.07) is 2.05. The van der Waals surface area contributed by atoms with Crippen LogP contribution in [-0.4, -0.2) is 11.3 Å². The third kappa shape index (κ3) is 3.44. The highest BCUT2D eigenvalue weighted by molar-refractivity contribution is 5.32. The molecule has 9 heteroatoms. The first-order chi connectivity index (χ1) is 8.24. The largest absolute Gasteiger partial charge is 0.574 e. The number of nitriles is 1. The Hall–Kier alpha value is -2.11. The Labute approximate surface area is 96.6 Å². The minimum absolute atomic E-state index is 0.359. The van der Waals surface area contributed by atoms with E-state index < -0.39 is 36.2 Å². The summed E-state index contributed by atoms with van der Waals surface area (Å²) in [6.07, 6.45) is -8.98. The van der Waals surface area contributed by atoms with E-state index in [4.69, 9.17) is 5.26 Å². The van der Waals surface area contributed by atoms with E-state index in [2.05, 4.69) is 4.74 Å². The van der Waals surface area contributed by atoms with E-state index in [0.29, 0.717) is 6.07 Å². The zero-order valence-electron chi connectivity index (χ0n) is 8.52. The lowest BCUT2D eigenvalue weighted by atomic mass is 10.1. The quantitative estimate of drug-likeness (QED) is 0.855. The van der Waals surface area contributed by atoms with Gasteiger partial charge in [-0.25, -0.2) is 8.78 Å². The smallest absolute Gasteiger partial charge is 0.389 e. The molecule has 1 aromatic rings. The van der Waals surface area contributed by atoms with Gasteiger partial charge in [0, 0.05) is 5.56 Å². The number of halogens is 5. The van der Waals surface area contributed by atoms with Crippen LogP contribution < -0.4 is 10.3 Å². The monoisotopic (exact) mass is 268 g/mol. The number of aromatic amines is 1. The van der Waals surface area contributed by atoms with Gasteiger partial charge in [-0.05, 0) is 6.07 Å². The van der Waals surface area contributed by atoms with Crippen LogP contribution in [-0.2, 0) is 6.42 Å². The van der Waals surface area contributed by atoms with Gasteiger partial charge in [0.2, 0.25) is 5.88 Å². The van der Waals surface area contributed by atoms with Crippen LogP contribution >= 0.6 is 0 Å². The predicted molar refractivity (Wildman–Crippen MR) is 48.0 cm³/mol. The maximum absolute atomic E-state index is 12.5. The summed E-state index contributed by atoms with van der Waals surface area (Å²) in [6.45, 7) is 0. The van der Waals surface area contributed by atoms with Crippen molar-refractivity contribution in [3.8, 4) is 11.9 Å². The lowest BCUT2D eigenvalue weighted by Crippen LogP contribution is -2.23. The highest BCUT2D eigenvalue weighted by Crippen LogP contribution is 2.30. The number of rotatable bonds is 3. The van der Waals surface area contributed by atoms with Gasteiger partial charge in [0.15, 0.2) is 0 Å². The average molecular weight is 268 g/mol. The number of aromatic nitrogens is 1. The van der Waals surface area contributed by atoms with Gasteiger partial charge in [-0.2, -0.15) is 5.26 Å². The molecule has 0 fully saturated rings. The second-order valence-corrected chi connectivity index (χ2v) is 3.09. The molecule has 0 atom stereocenters. The first-order valence-corrected chi connectivity index (χ1v) is 4.41. The number of hydrogen-bond acceptors (Lipinski definition) is 3. The summed E-state index contributed by atoms with van der Waals surface area (Å²) >= 11 is 0. The first kappa shape index (κ1) is 14.0. The van der Waals surface area contributed by atoms with Gasteiger partial charge in [0.25, 0.3) is 12.0 Å². The maximum Gasteiger partial charge on any atom is 0.574 e. The van der Waals surface area contributed by atoms with Gasteiger partial charge in [-0.3, -0.25) is 9.78 Å². The SMILES string of the molecule is N#CCc1cc(C(F)F)c(OC(F)(F)F)[nH]c1=O. The summed E-state index contributed by atoms with van der Waals surface area (Å²) < 4.78 is 64.1. The molecule has 4 nitrogen and oxygen atoms in total. The molecule has 0 aliphatic rings. The van der Waals surface area contributed by atoms with Gasteiger partial charge in [-0.1, -0.05) is 0 Å². The molecule has 0 saturated heterocycles. The average Bonchev–Trinajstić information content (AvgIpc) is 2.19. The zero-order valence-corrected chi connectivity index (χ0v) is 8.52. The summed E-state index contributed by atoms with van der Waals surface area (Å²) in [5, 5.41) is 8.33. The van der Waals surface area contributed by atoms with Crippen LogP contribution in [0.5, 0.6) is 5.88 Å². The van der Waals surface area contributed by atoms with Crippen molar-refractivity contribution >= 4 is 0 Å². The number of pyridine rings is 1. The van der Waals surface area contributed by atoms with Crippen molar-refractivity contribution in [3.63, 3.8) is 0 Å². The van der Waals surface area contributed by atoms with E-state index in [1.807, 2.05) is 0 Å². The molecule has 1 aromatic heterocycles. The Balaban J connectivity index is 3.30. The summed E-state index contributed by atoms with van der Waals surface area (Å²) in [5.41, 5.74) is -2.57. The molecule has 0 aliphatic heterocycles. The van der Waals surface area contributed by atoms with Crippen molar-refractivity contribution in [1.29, 1.82) is 5.26 Å². The van der Waals surface area contributed by atoms with Gasteiger partial charge in [0.05, 0.1) is 18.1 Å². The normalized spacial score (nSPS) is 11.4. The van der Waals surface area contributed by atoms with Crippen LogP contribution in [0.3, 0.4) is 0 Å². The molecule has 1 rings (SSSR count). The fourth-order valence-corrected chi connectivity index (χ4v) is 1.15. The Morgan fingerprint density at radius 1 is 1.44 bits per heavy atom. The molecular formula is C9H5F5N2O2. The number of hydrogen-bond donors (Lipinski definition) is 1. The van der Waals surface area contributed by atoms with Crippen LogP contribution in [0.15, 0.2) is 10.9 Å². The van der Waals surface area contributed by atoms with Crippen molar-refractivity contribution in [1.82, 2.24) is 4.98 Å². The fourth-order valence-electron chi connectivity index (χ4n) is 1.15. The van der Waals surface area contributed by atoms with Crippen LogP contribution in [0.2, 0.25) is 0 Å². The Kier molecular flexibility index (Phi) is 3.90. The predicted octanol–water partition coefficient (Wildman–Crippen LogP) is 2.28. The van der Waals surface area contributed by atoms with Gasteiger partial charge >= 0.3 is 6.36 Å². The molecule has 98 valence electrons. The van der Waals surface area contributed by atoms with Crippen LogP contribution in [0.25, 0.3) is 0 Å². The van der Waals surface area contributed by atoms with E-state index in [1.54, 1.807) is 0 Å². The van der Waals surface area contributed by atoms with Crippen LogP contribution in [0, 0.1) is 11.3 Å². The van der Waals surface area contributed by atoms with Crippen LogP contribution in [0.1, 0.15) is 17.6 Å². The molecule has 0 radical (unpaired) electrons. The summed E-state index contributed by atoms with van der Waals surface area (Å²) in [4.78, 5) is 12.7. The molecule has 0 amide bonds. The number of ether oxygens (including phenoxy) is 1. The van der Waals surface area contributed by atoms with Crippen molar-refractivity contribution in [3.05, 3.63) is 27.5 Å².